The van der Waals surface area contributed by atoms with Gasteiger partial charge in [0.25, 0.3) is 0 Å². The van der Waals surface area contributed by atoms with E-state index in [-0.39, 0.29) is 0 Å². The highest BCUT2D eigenvalue weighted by atomic mass is 15.2. The summed E-state index contributed by atoms with van der Waals surface area (Å²) in [4.78, 5) is 4.60. The van der Waals surface area contributed by atoms with Crippen molar-refractivity contribution in [2.45, 2.75) is 44.1 Å². The number of rotatable bonds is 2. The van der Waals surface area contributed by atoms with Gasteiger partial charge in [-0.25, -0.2) is 4.98 Å². The molecule has 2 heterocycles. The number of hydrogen-bond acceptors (Lipinski definition) is 3. The molecular weight excluding hydrogens is 176 g/mol. The van der Waals surface area contributed by atoms with Crippen molar-refractivity contribution in [3.05, 3.63) is 11.6 Å². The summed E-state index contributed by atoms with van der Waals surface area (Å²) >= 11 is 0. The fourth-order valence-corrected chi connectivity index (χ4v) is 2.21. The summed E-state index contributed by atoms with van der Waals surface area (Å²) in [5.74, 6) is 3.32. The van der Waals surface area contributed by atoms with Gasteiger partial charge < -0.3 is 5.32 Å². The highest BCUT2D eigenvalue weighted by Crippen LogP contribution is 2.38. The van der Waals surface area contributed by atoms with Crippen LogP contribution < -0.4 is 5.32 Å². The van der Waals surface area contributed by atoms with E-state index in [2.05, 4.69) is 27.4 Å². The lowest BCUT2D eigenvalue weighted by Crippen LogP contribution is -2.22. The van der Waals surface area contributed by atoms with Crippen molar-refractivity contribution < 1.29 is 0 Å². The Morgan fingerprint density at radius 1 is 1.29 bits per heavy atom. The second-order valence-electron chi connectivity index (χ2n) is 4.49. The molecule has 0 spiro atoms. The summed E-state index contributed by atoms with van der Waals surface area (Å²) < 4.78 is 0. The molecule has 0 amide bonds. The molecule has 4 heteroatoms. The van der Waals surface area contributed by atoms with Crippen LogP contribution in [0, 0.1) is 0 Å². The molecule has 2 N–H and O–H groups in total. The quantitative estimate of drug-likeness (QED) is 0.739. The minimum absolute atomic E-state index is 0.537. The van der Waals surface area contributed by atoms with Crippen molar-refractivity contribution in [2.75, 3.05) is 6.54 Å². The summed E-state index contributed by atoms with van der Waals surface area (Å²) in [6.07, 6.45) is 3.73. The molecule has 2 unspecified atom stereocenters. The molecule has 1 aromatic rings. The first-order chi connectivity index (χ1) is 6.84. The van der Waals surface area contributed by atoms with E-state index in [1.165, 1.54) is 19.3 Å². The third-order valence-electron chi connectivity index (χ3n) is 3.34. The summed E-state index contributed by atoms with van der Waals surface area (Å²) in [5.41, 5.74) is 0. The monoisotopic (exact) mass is 192 g/mol. The Morgan fingerprint density at radius 2 is 2.14 bits per heavy atom. The lowest BCUT2D eigenvalue weighted by Gasteiger charge is -2.10. The number of H-pyrrole nitrogens is 1. The Labute approximate surface area is 83.5 Å². The van der Waals surface area contributed by atoms with Gasteiger partial charge in [-0.3, -0.25) is 5.10 Å². The summed E-state index contributed by atoms with van der Waals surface area (Å²) in [7, 11) is 0. The topological polar surface area (TPSA) is 53.6 Å². The van der Waals surface area contributed by atoms with Crippen LogP contribution in [0.4, 0.5) is 0 Å². The number of nitrogens with zero attached hydrogens (tertiary/aromatic N) is 2. The average molecular weight is 192 g/mol. The van der Waals surface area contributed by atoms with E-state index in [4.69, 9.17) is 0 Å². The van der Waals surface area contributed by atoms with Gasteiger partial charge in [0.2, 0.25) is 0 Å². The summed E-state index contributed by atoms with van der Waals surface area (Å²) in [6, 6.07) is 0.537. The lowest BCUT2D eigenvalue weighted by molar-refractivity contribution is 0.569. The van der Waals surface area contributed by atoms with Crippen LogP contribution >= 0.6 is 0 Å². The zero-order chi connectivity index (χ0) is 9.54. The van der Waals surface area contributed by atoms with E-state index in [0.717, 1.165) is 18.2 Å². The van der Waals surface area contributed by atoms with E-state index >= 15 is 0 Å². The van der Waals surface area contributed by atoms with Gasteiger partial charge in [-0.1, -0.05) is 0 Å². The van der Waals surface area contributed by atoms with Gasteiger partial charge in [-0.05, 0) is 32.7 Å². The standard InChI is InChI=1S/C10H16N4/c1-6-8(4-5-11-6)10-12-9(13-14-10)7-2-3-7/h6-8,11H,2-5H2,1H3,(H,12,13,14). The molecule has 0 radical (unpaired) electrons. The highest BCUT2D eigenvalue weighted by Gasteiger charge is 2.31. The molecule has 1 saturated heterocycles. The Kier molecular flexibility index (Phi) is 1.83. The molecule has 1 saturated carbocycles. The minimum atomic E-state index is 0.537. The van der Waals surface area contributed by atoms with Crippen LogP contribution in [0.5, 0.6) is 0 Å². The average Bonchev–Trinajstić information content (AvgIpc) is 2.75. The van der Waals surface area contributed by atoms with Crippen molar-refractivity contribution in [3.8, 4) is 0 Å². The Bertz CT molecular complexity index is 329. The predicted molar refractivity (Wildman–Crippen MR) is 53.2 cm³/mol. The molecule has 3 rings (SSSR count). The SMILES string of the molecule is CC1NCCC1c1nc(C2CC2)n[nH]1. The zero-order valence-corrected chi connectivity index (χ0v) is 8.45. The summed E-state index contributed by atoms with van der Waals surface area (Å²) in [5, 5.41) is 10.8. The highest BCUT2D eigenvalue weighted by molar-refractivity contribution is 5.10. The van der Waals surface area contributed by atoms with E-state index < -0.39 is 0 Å². The molecule has 4 nitrogen and oxygen atoms in total. The maximum Gasteiger partial charge on any atom is 0.153 e. The van der Waals surface area contributed by atoms with Crippen LogP contribution in [0.2, 0.25) is 0 Å². The second-order valence-corrected chi connectivity index (χ2v) is 4.49. The van der Waals surface area contributed by atoms with Gasteiger partial charge in [0.1, 0.15) is 5.82 Å². The minimum Gasteiger partial charge on any atom is -0.314 e. The van der Waals surface area contributed by atoms with Crippen molar-refractivity contribution in [2.24, 2.45) is 0 Å². The maximum absolute atomic E-state index is 4.60. The molecule has 14 heavy (non-hydrogen) atoms. The Morgan fingerprint density at radius 3 is 2.79 bits per heavy atom. The van der Waals surface area contributed by atoms with E-state index in [9.17, 15) is 0 Å². The van der Waals surface area contributed by atoms with Crippen LogP contribution in [0.1, 0.15) is 49.7 Å². The number of aromatic nitrogens is 3. The molecule has 0 aromatic carbocycles. The van der Waals surface area contributed by atoms with Crippen molar-refractivity contribution in [1.29, 1.82) is 0 Å². The van der Waals surface area contributed by atoms with Crippen LogP contribution in [0.15, 0.2) is 0 Å². The van der Waals surface area contributed by atoms with Gasteiger partial charge in [-0.2, -0.15) is 5.10 Å². The number of nitrogens with one attached hydrogen (secondary N) is 2. The Balaban J connectivity index is 1.81. The molecule has 0 bridgehead atoms. The molecule has 1 aromatic heterocycles. The number of aromatic amines is 1. The van der Waals surface area contributed by atoms with Crippen LogP contribution in [-0.2, 0) is 0 Å². The van der Waals surface area contributed by atoms with Gasteiger partial charge >= 0.3 is 0 Å². The fraction of sp³-hybridized carbons (Fsp3) is 0.800. The van der Waals surface area contributed by atoms with Crippen molar-refractivity contribution in [1.82, 2.24) is 20.5 Å². The zero-order valence-electron chi connectivity index (χ0n) is 8.45. The van der Waals surface area contributed by atoms with E-state index in [0.29, 0.717) is 17.9 Å². The molecular formula is C10H16N4. The van der Waals surface area contributed by atoms with Crippen LogP contribution in [-0.4, -0.2) is 27.8 Å². The third-order valence-corrected chi connectivity index (χ3v) is 3.34. The van der Waals surface area contributed by atoms with Crippen LogP contribution in [0.25, 0.3) is 0 Å². The Hall–Kier alpha value is -0.900. The normalized spacial score (nSPS) is 32.4. The molecule has 2 atom stereocenters. The maximum atomic E-state index is 4.60. The number of hydrogen-bond donors (Lipinski definition) is 2. The van der Waals surface area contributed by atoms with Gasteiger partial charge in [0, 0.05) is 17.9 Å². The molecule has 1 aliphatic heterocycles. The first kappa shape index (κ1) is 8.41. The van der Waals surface area contributed by atoms with Gasteiger partial charge in [0.05, 0.1) is 0 Å². The smallest absolute Gasteiger partial charge is 0.153 e. The van der Waals surface area contributed by atoms with Gasteiger partial charge in [-0.15, -0.1) is 0 Å². The predicted octanol–water partition coefficient (Wildman–Crippen LogP) is 1.15. The molecule has 2 aliphatic rings. The summed E-state index contributed by atoms with van der Waals surface area (Å²) in [6.45, 7) is 3.32. The first-order valence-corrected chi connectivity index (χ1v) is 5.50. The third kappa shape index (κ3) is 1.34. The van der Waals surface area contributed by atoms with Crippen molar-refractivity contribution in [3.63, 3.8) is 0 Å². The van der Waals surface area contributed by atoms with E-state index in [1.54, 1.807) is 0 Å². The van der Waals surface area contributed by atoms with Gasteiger partial charge in [0.15, 0.2) is 5.82 Å². The van der Waals surface area contributed by atoms with Crippen LogP contribution in [0.3, 0.4) is 0 Å². The molecule has 2 fully saturated rings. The molecule has 1 aliphatic carbocycles. The first-order valence-electron chi connectivity index (χ1n) is 5.50. The lowest BCUT2D eigenvalue weighted by atomic mass is 10.0. The molecule has 76 valence electrons. The largest absolute Gasteiger partial charge is 0.314 e. The fourth-order valence-electron chi connectivity index (χ4n) is 2.21. The second kappa shape index (κ2) is 3.05. The van der Waals surface area contributed by atoms with Crippen molar-refractivity contribution >= 4 is 0 Å². The van der Waals surface area contributed by atoms with E-state index in [1.807, 2.05) is 0 Å².